The Bertz CT molecular complexity index is 378. The molecule has 0 bridgehead atoms. The summed E-state index contributed by atoms with van der Waals surface area (Å²) in [5, 5.41) is 3.71. The average Bonchev–Trinajstić information content (AvgIpc) is 2.50. The predicted molar refractivity (Wildman–Crippen MR) is 84.9 cm³/mol. The van der Waals surface area contributed by atoms with Gasteiger partial charge in [0.2, 0.25) is 0 Å². The van der Waals surface area contributed by atoms with E-state index in [1.54, 1.807) is 0 Å². The molecule has 1 aliphatic rings. The zero-order chi connectivity index (χ0) is 13.8. The van der Waals surface area contributed by atoms with Gasteiger partial charge in [0.15, 0.2) is 0 Å². The van der Waals surface area contributed by atoms with Crippen molar-refractivity contribution >= 4 is 11.3 Å². The van der Waals surface area contributed by atoms with Crippen LogP contribution in [0.3, 0.4) is 0 Å². The van der Waals surface area contributed by atoms with E-state index < -0.39 is 0 Å². The molecule has 3 heteroatoms. The molecule has 1 aromatic rings. The number of thiophene rings is 1. The van der Waals surface area contributed by atoms with Crippen molar-refractivity contribution in [2.45, 2.75) is 53.1 Å². The highest BCUT2D eigenvalue weighted by molar-refractivity contribution is 7.12. The predicted octanol–water partition coefficient (Wildman–Crippen LogP) is 3.57. The van der Waals surface area contributed by atoms with Crippen LogP contribution in [-0.4, -0.2) is 30.6 Å². The van der Waals surface area contributed by atoms with E-state index in [1.807, 2.05) is 11.3 Å². The van der Waals surface area contributed by atoms with Crippen LogP contribution >= 0.6 is 11.3 Å². The molecule has 1 aliphatic heterocycles. The molecule has 0 saturated carbocycles. The first-order valence-electron chi connectivity index (χ1n) is 7.56. The van der Waals surface area contributed by atoms with Gasteiger partial charge in [-0.25, -0.2) is 0 Å². The van der Waals surface area contributed by atoms with E-state index in [-0.39, 0.29) is 0 Å². The number of aryl methyl sites for hydroxylation is 2. The summed E-state index contributed by atoms with van der Waals surface area (Å²) in [5.41, 5.74) is 1.45. The van der Waals surface area contributed by atoms with Gasteiger partial charge >= 0.3 is 0 Å². The van der Waals surface area contributed by atoms with Crippen molar-refractivity contribution in [3.05, 3.63) is 21.4 Å². The molecule has 2 heterocycles. The second-order valence-electron chi connectivity index (χ2n) is 6.32. The van der Waals surface area contributed by atoms with Crippen LogP contribution in [0.1, 0.15) is 42.0 Å². The normalized spacial score (nSPS) is 21.8. The van der Waals surface area contributed by atoms with Crippen molar-refractivity contribution < 1.29 is 0 Å². The van der Waals surface area contributed by atoms with Crippen molar-refractivity contribution in [3.8, 4) is 0 Å². The zero-order valence-electron chi connectivity index (χ0n) is 12.8. The minimum atomic E-state index is 0.671. The summed E-state index contributed by atoms with van der Waals surface area (Å²) in [5.74, 6) is 0.781. The molecule has 0 radical (unpaired) electrons. The van der Waals surface area contributed by atoms with Gasteiger partial charge < -0.3 is 5.32 Å². The fourth-order valence-corrected chi connectivity index (χ4v) is 3.99. The quantitative estimate of drug-likeness (QED) is 0.907. The first-order chi connectivity index (χ1) is 9.04. The van der Waals surface area contributed by atoms with Gasteiger partial charge in [0, 0.05) is 28.9 Å². The lowest BCUT2D eigenvalue weighted by atomic mass is 10.0. The number of hydrogen-bond acceptors (Lipinski definition) is 3. The maximum atomic E-state index is 3.71. The highest BCUT2D eigenvalue weighted by Crippen LogP contribution is 2.23. The minimum Gasteiger partial charge on any atom is -0.313 e. The minimum absolute atomic E-state index is 0.671. The Balaban J connectivity index is 1.94. The summed E-state index contributed by atoms with van der Waals surface area (Å²) in [6, 6.07) is 3.04. The number of rotatable bonds is 4. The van der Waals surface area contributed by atoms with E-state index in [2.05, 4.69) is 44.0 Å². The molecule has 2 nitrogen and oxygen atoms in total. The summed E-state index contributed by atoms with van der Waals surface area (Å²) < 4.78 is 0. The van der Waals surface area contributed by atoms with Crippen molar-refractivity contribution in [1.82, 2.24) is 10.2 Å². The summed E-state index contributed by atoms with van der Waals surface area (Å²) in [6.45, 7) is 13.8. The van der Waals surface area contributed by atoms with Crippen LogP contribution in [0.2, 0.25) is 0 Å². The van der Waals surface area contributed by atoms with E-state index in [0.717, 1.165) is 12.5 Å². The number of hydrogen-bond donors (Lipinski definition) is 1. The summed E-state index contributed by atoms with van der Waals surface area (Å²) in [6.07, 6.45) is 2.57. The second kappa shape index (κ2) is 6.87. The lowest BCUT2D eigenvalue weighted by Crippen LogP contribution is -2.38. The van der Waals surface area contributed by atoms with E-state index in [1.165, 1.54) is 47.8 Å². The van der Waals surface area contributed by atoms with Crippen LogP contribution in [0.5, 0.6) is 0 Å². The molecule has 1 atom stereocenters. The third kappa shape index (κ3) is 4.59. The van der Waals surface area contributed by atoms with Crippen LogP contribution in [0.15, 0.2) is 6.07 Å². The molecule has 0 aliphatic carbocycles. The fraction of sp³-hybridized carbons (Fsp3) is 0.750. The van der Waals surface area contributed by atoms with Crippen molar-refractivity contribution in [2.75, 3.05) is 19.6 Å². The topological polar surface area (TPSA) is 15.3 Å². The monoisotopic (exact) mass is 280 g/mol. The highest BCUT2D eigenvalue weighted by atomic mass is 32.1. The Morgan fingerprint density at radius 2 is 2.21 bits per heavy atom. The average molecular weight is 280 g/mol. The summed E-state index contributed by atoms with van der Waals surface area (Å²) in [4.78, 5) is 5.64. The zero-order valence-corrected chi connectivity index (χ0v) is 13.6. The Kier molecular flexibility index (Phi) is 5.43. The number of nitrogens with zero attached hydrogens (tertiary/aromatic N) is 1. The fourth-order valence-electron chi connectivity index (χ4n) is 2.89. The SMILES string of the molecule is Cc1cc(CN2CCCNC(CC(C)C)C2)sc1C. The van der Waals surface area contributed by atoms with Gasteiger partial charge in [0.25, 0.3) is 0 Å². The van der Waals surface area contributed by atoms with Gasteiger partial charge in [0.1, 0.15) is 0 Å². The first-order valence-corrected chi connectivity index (χ1v) is 8.38. The molecule has 19 heavy (non-hydrogen) atoms. The molecule has 0 amide bonds. The van der Waals surface area contributed by atoms with E-state index in [0.29, 0.717) is 6.04 Å². The van der Waals surface area contributed by atoms with Gasteiger partial charge in [-0.15, -0.1) is 11.3 Å². The Hall–Kier alpha value is -0.380. The first kappa shape index (κ1) is 15.0. The van der Waals surface area contributed by atoms with E-state index in [4.69, 9.17) is 0 Å². The lowest BCUT2D eigenvalue weighted by Gasteiger charge is -2.25. The molecular formula is C16H28N2S. The molecule has 1 saturated heterocycles. The molecule has 1 aromatic heterocycles. The van der Waals surface area contributed by atoms with E-state index in [9.17, 15) is 0 Å². The third-order valence-corrected chi connectivity index (χ3v) is 5.05. The van der Waals surface area contributed by atoms with Crippen LogP contribution in [0.4, 0.5) is 0 Å². The van der Waals surface area contributed by atoms with Gasteiger partial charge in [-0.3, -0.25) is 4.90 Å². The molecule has 1 fully saturated rings. The van der Waals surface area contributed by atoms with Crippen molar-refractivity contribution in [1.29, 1.82) is 0 Å². The van der Waals surface area contributed by atoms with E-state index >= 15 is 0 Å². The van der Waals surface area contributed by atoms with Crippen LogP contribution in [0, 0.1) is 19.8 Å². The van der Waals surface area contributed by atoms with Crippen molar-refractivity contribution in [3.63, 3.8) is 0 Å². The maximum Gasteiger partial charge on any atom is 0.0328 e. The smallest absolute Gasteiger partial charge is 0.0328 e. The van der Waals surface area contributed by atoms with Crippen molar-refractivity contribution in [2.24, 2.45) is 5.92 Å². The van der Waals surface area contributed by atoms with Crippen LogP contribution < -0.4 is 5.32 Å². The van der Waals surface area contributed by atoms with Gasteiger partial charge in [-0.1, -0.05) is 13.8 Å². The second-order valence-corrected chi connectivity index (χ2v) is 7.66. The Morgan fingerprint density at radius 3 is 2.84 bits per heavy atom. The lowest BCUT2D eigenvalue weighted by molar-refractivity contribution is 0.249. The maximum absolute atomic E-state index is 3.71. The molecule has 1 unspecified atom stereocenters. The largest absolute Gasteiger partial charge is 0.313 e. The van der Waals surface area contributed by atoms with Crippen LogP contribution in [0.25, 0.3) is 0 Å². The molecule has 1 N–H and O–H groups in total. The third-order valence-electron chi connectivity index (χ3n) is 3.92. The molecular weight excluding hydrogens is 252 g/mol. The summed E-state index contributed by atoms with van der Waals surface area (Å²) >= 11 is 1.97. The van der Waals surface area contributed by atoms with Gasteiger partial charge in [-0.05, 0) is 57.3 Å². The van der Waals surface area contributed by atoms with Gasteiger partial charge in [0.05, 0.1) is 0 Å². The summed E-state index contributed by atoms with van der Waals surface area (Å²) in [7, 11) is 0. The molecule has 0 spiro atoms. The van der Waals surface area contributed by atoms with Gasteiger partial charge in [-0.2, -0.15) is 0 Å². The Labute approximate surface area is 122 Å². The molecule has 108 valence electrons. The molecule has 2 rings (SSSR count). The number of nitrogens with one attached hydrogen (secondary N) is 1. The Morgan fingerprint density at radius 1 is 1.42 bits per heavy atom. The molecule has 0 aromatic carbocycles. The van der Waals surface area contributed by atoms with Crippen LogP contribution in [-0.2, 0) is 6.54 Å². The highest BCUT2D eigenvalue weighted by Gasteiger charge is 2.19. The standard InChI is InChI=1S/C16H28N2S/c1-12(2)8-15-10-18(7-5-6-17-15)11-16-9-13(3)14(4)19-16/h9,12,15,17H,5-8,10-11H2,1-4H3.